The molecule has 0 N–H and O–H groups in total. The monoisotopic (exact) mass is 238 g/mol. The first-order valence-corrected chi connectivity index (χ1v) is 5.95. The second kappa shape index (κ2) is 3.90. The molecule has 0 spiro atoms. The van der Waals surface area contributed by atoms with Gasteiger partial charge in [-0.3, -0.25) is 4.68 Å². The van der Waals surface area contributed by atoms with Crippen LogP contribution in [0, 0.1) is 6.92 Å². The molecule has 0 aliphatic rings. The molecule has 86 valence electrons. The molecule has 2 rings (SSSR count). The fraction of sp³-hybridized carbons (Fsp3) is 0.455. The van der Waals surface area contributed by atoms with Crippen molar-refractivity contribution in [1.82, 2.24) is 9.78 Å². The van der Waals surface area contributed by atoms with Crippen LogP contribution in [0.1, 0.15) is 29.2 Å². The molecule has 2 aromatic heterocycles. The Morgan fingerprint density at radius 1 is 1.56 bits per heavy atom. The predicted octanol–water partition coefficient (Wildman–Crippen LogP) is 2.51. The lowest BCUT2D eigenvalue weighted by Gasteiger charge is -2.05. The SMILES string of the molecule is Cc1nn(C)c2sc(C(=O)OC(C)C)cc12. The van der Waals surface area contributed by atoms with Gasteiger partial charge in [0.15, 0.2) is 0 Å². The number of aryl methyl sites for hydroxylation is 2. The van der Waals surface area contributed by atoms with Gasteiger partial charge in [0.05, 0.1) is 11.8 Å². The minimum atomic E-state index is -0.254. The fourth-order valence-electron chi connectivity index (χ4n) is 1.58. The maximum atomic E-state index is 11.7. The molecular formula is C11H14N2O2S. The lowest BCUT2D eigenvalue weighted by molar-refractivity contribution is 0.0384. The third-order valence-electron chi connectivity index (χ3n) is 2.24. The van der Waals surface area contributed by atoms with Crippen molar-refractivity contribution in [3.8, 4) is 0 Å². The number of carbonyl (C=O) groups is 1. The first-order chi connectivity index (χ1) is 7.49. The molecule has 0 amide bonds. The van der Waals surface area contributed by atoms with Crippen molar-refractivity contribution in [2.75, 3.05) is 0 Å². The summed E-state index contributed by atoms with van der Waals surface area (Å²) in [5.74, 6) is -0.254. The lowest BCUT2D eigenvalue weighted by Crippen LogP contribution is -2.10. The van der Waals surface area contributed by atoms with Crippen LogP contribution in [-0.4, -0.2) is 21.9 Å². The van der Waals surface area contributed by atoms with Crippen molar-refractivity contribution in [3.05, 3.63) is 16.6 Å². The molecule has 0 fully saturated rings. The maximum absolute atomic E-state index is 11.7. The number of fused-ring (bicyclic) bond motifs is 1. The van der Waals surface area contributed by atoms with Crippen LogP contribution in [0.2, 0.25) is 0 Å². The number of carbonyl (C=O) groups excluding carboxylic acids is 1. The van der Waals surface area contributed by atoms with Crippen molar-refractivity contribution < 1.29 is 9.53 Å². The van der Waals surface area contributed by atoms with Crippen LogP contribution >= 0.6 is 11.3 Å². The number of hydrogen-bond acceptors (Lipinski definition) is 4. The second-order valence-electron chi connectivity index (χ2n) is 3.99. The number of nitrogens with zero attached hydrogens (tertiary/aromatic N) is 2. The van der Waals surface area contributed by atoms with Gasteiger partial charge in [-0.1, -0.05) is 0 Å². The van der Waals surface area contributed by atoms with E-state index in [0.29, 0.717) is 4.88 Å². The summed E-state index contributed by atoms with van der Waals surface area (Å²) in [5.41, 5.74) is 0.942. The molecule has 0 aromatic carbocycles. The molecule has 0 radical (unpaired) electrons. The van der Waals surface area contributed by atoms with E-state index in [1.54, 1.807) is 4.68 Å². The number of rotatable bonds is 2. The van der Waals surface area contributed by atoms with E-state index in [9.17, 15) is 4.79 Å². The van der Waals surface area contributed by atoms with Gasteiger partial charge in [0, 0.05) is 12.4 Å². The molecule has 2 aromatic rings. The third kappa shape index (κ3) is 1.82. The number of ether oxygens (including phenoxy) is 1. The Labute approximate surface area is 97.8 Å². The Bertz CT molecular complexity index is 505. The lowest BCUT2D eigenvalue weighted by atomic mass is 10.3. The molecule has 0 saturated heterocycles. The summed E-state index contributed by atoms with van der Waals surface area (Å²) in [4.78, 5) is 13.4. The van der Waals surface area contributed by atoms with E-state index in [-0.39, 0.29) is 12.1 Å². The Kier molecular flexibility index (Phi) is 2.71. The Hall–Kier alpha value is -1.36. The predicted molar refractivity (Wildman–Crippen MR) is 63.9 cm³/mol. The summed E-state index contributed by atoms with van der Waals surface area (Å²) >= 11 is 1.42. The molecule has 2 heterocycles. The van der Waals surface area contributed by atoms with Gasteiger partial charge in [-0.15, -0.1) is 11.3 Å². The van der Waals surface area contributed by atoms with E-state index in [0.717, 1.165) is 15.9 Å². The van der Waals surface area contributed by atoms with Crippen LogP contribution < -0.4 is 0 Å². The Balaban J connectivity index is 2.40. The van der Waals surface area contributed by atoms with Crippen molar-refractivity contribution >= 4 is 27.5 Å². The topological polar surface area (TPSA) is 44.1 Å². The van der Waals surface area contributed by atoms with E-state index in [1.807, 2.05) is 33.9 Å². The standard InChI is InChI=1S/C11H14N2O2S/c1-6(2)15-11(14)9-5-8-7(3)12-13(4)10(8)16-9/h5-6H,1-4H3. The quantitative estimate of drug-likeness (QED) is 0.755. The van der Waals surface area contributed by atoms with Crippen LogP contribution in [0.25, 0.3) is 10.2 Å². The summed E-state index contributed by atoms with van der Waals surface area (Å²) < 4.78 is 6.95. The van der Waals surface area contributed by atoms with Crippen molar-refractivity contribution in [1.29, 1.82) is 0 Å². The van der Waals surface area contributed by atoms with Gasteiger partial charge in [-0.2, -0.15) is 5.10 Å². The normalized spacial score (nSPS) is 11.3. The van der Waals surface area contributed by atoms with Gasteiger partial charge >= 0.3 is 5.97 Å². The Morgan fingerprint density at radius 3 is 2.81 bits per heavy atom. The van der Waals surface area contributed by atoms with Crippen LogP contribution in [0.15, 0.2) is 6.07 Å². The molecule has 0 unspecified atom stereocenters. The van der Waals surface area contributed by atoms with Crippen LogP contribution in [0.3, 0.4) is 0 Å². The molecule has 4 nitrogen and oxygen atoms in total. The first kappa shape index (κ1) is 11.1. The van der Waals surface area contributed by atoms with Crippen molar-refractivity contribution in [3.63, 3.8) is 0 Å². The highest BCUT2D eigenvalue weighted by molar-refractivity contribution is 7.20. The molecular weight excluding hydrogens is 224 g/mol. The molecule has 0 atom stereocenters. The van der Waals surface area contributed by atoms with Gasteiger partial charge in [0.25, 0.3) is 0 Å². The van der Waals surface area contributed by atoms with E-state index in [2.05, 4.69) is 5.10 Å². The van der Waals surface area contributed by atoms with E-state index in [4.69, 9.17) is 4.74 Å². The fourth-order valence-corrected chi connectivity index (χ4v) is 2.58. The average molecular weight is 238 g/mol. The van der Waals surface area contributed by atoms with E-state index >= 15 is 0 Å². The number of hydrogen-bond donors (Lipinski definition) is 0. The third-order valence-corrected chi connectivity index (χ3v) is 3.42. The summed E-state index contributed by atoms with van der Waals surface area (Å²) in [7, 11) is 1.88. The first-order valence-electron chi connectivity index (χ1n) is 5.13. The van der Waals surface area contributed by atoms with Gasteiger partial charge in [-0.05, 0) is 26.8 Å². The molecule has 5 heteroatoms. The minimum Gasteiger partial charge on any atom is -0.459 e. The van der Waals surface area contributed by atoms with Crippen LogP contribution in [-0.2, 0) is 11.8 Å². The molecule has 16 heavy (non-hydrogen) atoms. The van der Waals surface area contributed by atoms with Gasteiger partial charge < -0.3 is 4.74 Å². The smallest absolute Gasteiger partial charge is 0.348 e. The molecule has 0 saturated carbocycles. The summed E-state index contributed by atoms with van der Waals surface area (Å²) in [5, 5.41) is 5.32. The van der Waals surface area contributed by atoms with E-state index in [1.165, 1.54) is 11.3 Å². The number of thiophene rings is 1. The summed E-state index contributed by atoms with van der Waals surface area (Å²) in [6.07, 6.45) is -0.0862. The highest BCUT2D eigenvalue weighted by Crippen LogP contribution is 2.28. The average Bonchev–Trinajstić information content (AvgIpc) is 2.68. The van der Waals surface area contributed by atoms with Crippen LogP contribution in [0.5, 0.6) is 0 Å². The second-order valence-corrected chi connectivity index (χ2v) is 5.02. The summed E-state index contributed by atoms with van der Waals surface area (Å²) in [6, 6.07) is 1.85. The van der Waals surface area contributed by atoms with Gasteiger partial charge in [0.2, 0.25) is 0 Å². The molecule has 0 aliphatic carbocycles. The highest BCUT2D eigenvalue weighted by Gasteiger charge is 2.16. The number of aromatic nitrogens is 2. The van der Waals surface area contributed by atoms with Crippen molar-refractivity contribution in [2.24, 2.45) is 7.05 Å². The zero-order valence-electron chi connectivity index (χ0n) is 9.77. The van der Waals surface area contributed by atoms with Crippen LogP contribution in [0.4, 0.5) is 0 Å². The van der Waals surface area contributed by atoms with Crippen molar-refractivity contribution in [2.45, 2.75) is 26.9 Å². The highest BCUT2D eigenvalue weighted by atomic mass is 32.1. The maximum Gasteiger partial charge on any atom is 0.348 e. The summed E-state index contributed by atoms with van der Waals surface area (Å²) in [6.45, 7) is 5.63. The molecule has 0 bridgehead atoms. The number of esters is 1. The van der Waals surface area contributed by atoms with Gasteiger partial charge in [0.1, 0.15) is 9.71 Å². The largest absolute Gasteiger partial charge is 0.459 e. The minimum absolute atomic E-state index is 0.0862. The zero-order valence-corrected chi connectivity index (χ0v) is 10.6. The molecule has 0 aliphatic heterocycles. The zero-order chi connectivity index (χ0) is 11.9. The van der Waals surface area contributed by atoms with Gasteiger partial charge in [-0.25, -0.2) is 4.79 Å². The Morgan fingerprint density at radius 2 is 2.25 bits per heavy atom. The van der Waals surface area contributed by atoms with E-state index < -0.39 is 0 Å².